The number of nitrogens with two attached hydrogens (primary N) is 1. The summed E-state index contributed by atoms with van der Waals surface area (Å²) in [5, 5.41) is 14.8. The first-order valence-electron chi connectivity index (χ1n) is 8.47. The number of carbonyl (C=O) groups is 3. The molecule has 0 saturated carbocycles. The Morgan fingerprint density at radius 1 is 1.12 bits per heavy atom. The molecule has 2 unspecified atom stereocenters. The van der Waals surface area contributed by atoms with Gasteiger partial charge in [-0.05, 0) is 30.4 Å². The van der Waals surface area contributed by atoms with Crippen LogP contribution in [0.25, 0.3) is 0 Å². The number of hydrogen-bond acceptors (Lipinski definition) is 3. The minimum Gasteiger partial charge on any atom is -0.481 e. The molecule has 0 aliphatic carbocycles. The molecule has 3 amide bonds. The molecule has 2 atom stereocenters. The molecule has 0 saturated heterocycles. The largest absolute Gasteiger partial charge is 0.481 e. The van der Waals surface area contributed by atoms with E-state index in [1.807, 2.05) is 13.8 Å². The highest BCUT2D eigenvalue weighted by atomic mass is 35.5. The molecular weight excluding hydrogens is 358 g/mol. The fourth-order valence-corrected chi connectivity index (χ4v) is 2.75. The molecule has 0 fully saturated rings. The molecule has 26 heavy (non-hydrogen) atoms. The van der Waals surface area contributed by atoms with Crippen LogP contribution in [0.4, 0.5) is 4.79 Å². The maximum atomic E-state index is 11.9. The Morgan fingerprint density at radius 2 is 1.69 bits per heavy atom. The van der Waals surface area contributed by atoms with Crippen molar-refractivity contribution in [3.05, 3.63) is 34.9 Å². The summed E-state index contributed by atoms with van der Waals surface area (Å²) in [5.41, 5.74) is 6.17. The fourth-order valence-electron chi connectivity index (χ4n) is 2.54. The molecule has 0 aliphatic rings. The Morgan fingerprint density at radius 3 is 2.19 bits per heavy atom. The molecule has 1 rings (SSSR count). The molecule has 144 valence electrons. The quantitative estimate of drug-likeness (QED) is 0.493. The van der Waals surface area contributed by atoms with Crippen LogP contribution in [-0.2, 0) is 16.0 Å². The fraction of sp³-hybridized carbons (Fsp3) is 0.500. The van der Waals surface area contributed by atoms with Crippen LogP contribution in [0, 0.1) is 17.8 Å². The van der Waals surface area contributed by atoms with E-state index in [0.717, 1.165) is 5.56 Å². The highest BCUT2D eigenvalue weighted by Gasteiger charge is 2.21. The number of hydrogen-bond donors (Lipinski definition) is 4. The number of primary amides is 1. The maximum absolute atomic E-state index is 11.9. The molecular formula is C18H26ClN3O4. The van der Waals surface area contributed by atoms with Gasteiger partial charge < -0.3 is 21.5 Å². The summed E-state index contributed by atoms with van der Waals surface area (Å²) in [4.78, 5) is 34.7. The molecule has 5 N–H and O–H groups in total. The first-order valence-corrected chi connectivity index (χ1v) is 8.85. The highest BCUT2D eigenvalue weighted by Crippen LogP contribution is 2.18. The summed E-state index contributed by atoms with van der Waals surface area (Å²) < 4.78 is 0. The zero-order chi connectivity index (χ0) is 19.7. The van der Waals surface area contributed by atoms with Gasteiger partial charge in [-0.25, -0.2) is 4.79 Å². The van der Waals surface area contributed by atoms with Crippen LogP contribution in [0.1, 0.15) is 25.8 Å². The number of urea groups is 1. The van der Waals surface area contributed by atoms with Gasteiger partial charge in [-0.2, -0.15) is 0 Å². The molecule has 1 aromatic carbocycles. The van der Waals surface area contributed by atoms with Crippen molar-refractivity contribution in [3.8, 4) is 0 Å². The number of halogens is 1. The molecule has 0 spiro atoms. The third-order valence-electron chi connectivity index (χ3n) is 3.95. The minimum absolute atomic E-state index is 0.0189. The Balaban J connectivity index is 2.53. The van der Waals surface area contributed by atoms with E-state index in [1.54, 1.807) is 24.3 Å². The molecule has 0 heterocycles. The lowest BCUT2D eigenvalue weighted by molar-refractivity contribution is -0.142. The number of carboxylic acids is 1. The summed E-state index contributed by atoms with van der Waals surface area (Å²) in [6.07, 6.45) is 0.770. The van der Waals surface area contributed by atoms with Gasteiger partial charge in [0.1, 0.15) is 0 Å². The van der Waals surface area contributed by atoms with Crippen molar-refractivity contribution >= 4 is 29.5 Å². The SMILES string of the molecule is CC(C)CC(CNC(=O)NCC(Cc1ccccc1Cl)C(N)=O)C(=O)O. The number of amides is 3. The highest BCUT2D eigenvalue weighted by molar-refractivity contribution is 6.31. The van der Waals surface area contributed by atoms with E-state index < -0.39 is 29.7 Å². The van der Waals surface area contributed by atoms with Crippen LogP contribution >= 0.6 is 11.6 Å². The van der Waals surface area contributed by atoms with Gasteiger partial charge in [0.15, 0.2) is 0 Å². The van der Waals surface area contributed by atoms with E-state index in [0.29, 0.717) is 17.9 Å². The van der Waals surface area contributed by atoms with E-state index >= 15 is 0 Å². The van der Waals surface area contributed by atoms with Gasteiger partial charge in [0.25, 0.3) is 0 Å². The van der Waals surface area contributed by atoms with E-state index in [9.17, 15) is 19.5 Å². The van der Waals surface area contributed by atoms with E-state index in [1.165, 1.54) is 0 Å². The third kappa shape index (κ3) is 7.74. The van der Waals surface area contributed by atoms with Crippen LogP contribution in [0.15, 0.2) is 24.3 Å². The minimum atomic E-state index is -0.951. The maximum Gasteiger partial charge on any atom is 0.314 e. The lowest BCUT2D eigenvalue weighted by Gasteiger charge is -2.18. The molecule has 7 nitrogen and oxygen atoms in total. The van der Waals surface area contributed by atoms with Crippen LogP contribution in [0.3, 0.4) is 0 Å². The van der Waals surface area contributed by atoms with Crippen molar-refractivity contribution in [2.45, 2.75) is 26.7 Å². The summed E-state index contributed by atoms with van der Waals surface area (Å²) in [7, 11) is 0. The van der Waals surface area contributed by atoms with Crippen molar-refractivity contribution in [2.24, 2.45) is 23.5 Å². The van der Waals surface area contributed by atoms with E-state index in [2.05, 4.69) is 10.6 Å². The number of rotatable bonds is 10. The van der Waals surface area contributed by atoms with Crippen molar-refractivity contribution in [2.75, 3.05) is 13.1 Å². The molecule has 0 aliphatic heterocycles. The van der Waals surface area contributed by atoms with Gasteiger partial charge in [0, 0.05) is 18.1 Å². The second-order valence-electron chi connectivity index (χ2n) is 6.65. The molecule has 8 heteroatoms. The van der Waals surface area contributed by atoms with Crippen LogP contribution in [-0.4, -0.2) is 36.1 Å². The Kier molecular flexibility index (Phi) is 8.92. The van der Waals surface area contributed by atoms with Gasteiger partial charge in [-0.1, -0.05) is 43.6 Å². The average Bonchev–Trinajstić information content (AvgIpc) is 2.56. The van der Waals surface area contributed by atoms with Crippen molar-refractivity contribution in [1.29, 1.82) is 0 Å². The van der Waals surface area contributed by atoms with Gasteiger partial charge in [-0.15, -0.1) is 0 Å². The summed E-state index contributed by atoms with van der Waals surface area (Å²) in [5.74, 6) is -2.57. The number of carboxylic acid groups (broad SMARTS) is 1. The summed E-state index contributed by atoms with van der Waals surface area (Å²) >= 11 is 6.08. The molecule has 0 bridgehead atoms. The number of benzene rings is 1. The first kappa shape index (κ1) is 21.8. The second kappa shape index (κ2) is 10.7. The van der Waals surface area contributed by atoms with Gasteiger partial charge in [-0.3, -0.25) is 9.59 Å². The first-order chi connectivity index (χ1) is 12.2. The van der Waals surface area contributed by atoms with Crippen LogP contribution in [0.2, 0.25) is 5.02 Å². The molecule has 0 aromatic heterocycles. The molecule has 1 aromatic rings. The number of aliphatic carboxylic acids is 1. The predicted octanol–water partition coefficient (Wildman–Crippen LogP) is 2.03. The summed E-state index contributed by atoms with van der Waals surface area (Å²) in [6, 6.07) is 6.57. The lowest BCUT2D eigenvalue weighted by Crippen LogP contribution is -2.44. The Bertz CT molecular complexity index is 637. The standard InChI is InChI=1S/C18H26ClN3O4/c1-11(2)7-14(17(24)25)10-22-18(26)21-9-13(16(20)23)8-12-5-3-4-6-15(12)19/h3-6,11,13-14H,7-10H2,1-2H3,(H2,20,23)(H,24,25)(H2,21,22,26). The normalized spacial score (nSPS) is 13.1. The second-order valence-corrected chi connectivity index (χ2v) is 7.06. The van der Waals surface area contributed by atoms with Crippen molar-refractivity contribution in [1.82, 2.24) is 10.6 Å². The Hall–Kier alpha value is -2.28. The van der Waals surface area contributed by atoms with Crippen molar-refractivity contribution in [3.63, 3.8) is 0 Å². The van der Waals surface area contributed by atoms with Crippen molar-refractivity contribution < 1.29 is 19.5 Å². The summed E-state index contributed by atoms with van der Waals surface area (Å²) in [6.45, 7) is 3.89. The van der Waals surface area contributed by atoms with Crippen LogP contribution < -0.4 is 16.4 Å². The lowest BCUT2D eigenvalue weighted by atomic mass is 9.97. The smallest absolute Gasteiger partial charge is 0.314 e. The van der Waals surface area contributed by atoms with Gasteiger partial charge in [0.2, 0.25) is 5.91 Å². The van der Waals surface area contributed by atoms with Gasteiger partial charge in [0.05, 0.1) is 11.8 Å². The predicted molar refractivity (Wildman–Crippen MR) is 99.8 cm³/mol. The van der Waals surface area contributed by atoms with Gasteiger partial charge >= 0.3 is 12.0 Å². The molecule has 0 radical (unpaired) electrons. The van der Waals surface area contributed by atoms with Crippen LogP contribution in [0.5, 0.6) is 0 Å². The zero-order valence-corrected chi connectivity index (χ0v) is 15.8. The average molecular weight is 384 g/mol. The monoisotopic (exact) mass is 383 g/mol. The zero-order valence-electron chi connectivity index (χ0n) is 15.0. The topological polar surface area (TPSA) is 122 Å². The number of nitrogens with one attached hydrogen (secondary N) is 2. The number of carbonyl (C=O) groups excluding carboxylic acids is 2. The Labute approximate surface area is 158 Å². The van der Waals surface area contributed by atoms with E-state index in [4.69, 9.17) is 17.3 Å². The third-order valence-corrected chi connectivity index (χ3v) is 4.32. The van der Waals surface area contributed by atoms with E-state index in [-0.39, 0.29) is 19.0 Å².